The third-order valence-electron chi connectivity index (χ3n) is 10.5. The Balaban J connectivity index is 1.57. The molecule has 0 radical (unpaired) electrons. The van der Waals surface area contributed by atoms with E-state index >= 15 is 0 Å². The highest BCUT2D eigenvalue weighted by Gasteiger charge is 2.40. The number of benzene rings is 1. The molecule has 1 aliphatic rings. The van der Waals surface area contributed by atoms with Crippen LogP contribution in [0.15, 0.2) is 48.7 Å². The second kappa shape index (κ2) is 24.1. The number of aliphatic hydroxyl groups excluding tert-OH is 3. The Kier molecular flexibility index (Phi) is 19.7. The van der Waals surface area contributed by atoms with Crippen molar-refractivity contribution in [3.8, 4) is 30.4 Å². The smallest absolute Gasteiger partial charge is 0.311 e. The van der Waals surface area contributed by atoms with Crippen molar-refractivity contribution in [1.82, 2.24) is 4.98 Å². The number of aromatic nitrogens is 1. The lowest BCUT2D eigenvalue weighted by atomic mass is 9.85. The maximum atomic E-state index is 13.1. The van der Waals surface area contributed by atoms with Crippen LogP contribution >= 0.6 is 0 Å². The van der Waals surface area contributed by atoms with Gasteiger partial charge in [-0.1, -0.05) is 56.3 Å². The summed E-state index contributed by atoms with van der Waals surface area (Å²) in [5.74, 6) is 2.53. The van der Waals surface area contributed by atoms with E-state index in [4.69, 9.17) is 27.1 Å². The van der Waals surface area contributed by atoms with Crippen LogP contribution in [-0.4, -0.2) is 56.5 Å². The van der Waals surface area contributed by atoms with Crippen LogP contribution in [0.2, 0.25) is 0 Å². The van der Waals surface area contributed by atoms with E-state index in [9.17, 15) is 29.7 Å². The minimum Gasteiger partial charge on any atom is -0.460 e. The number of unbranched alkanes of at least 4 members (excludes halogenated alkanes) is 1. The number of nitrogens with zero attached hydrogens (tertiary/aromatic N) is 1. The molecule has 2 aromatic rings. The zero-order chi connectivity index (χ0) is 40.2. The van der Waals surface area contributed by atoms with Crippen molar-refractivity contribution in [3.63, 3.8) is 0 Å². The number of hydrogen-bond acceptors (Lipinski definition) is 10. The second-order valence-electron chi connectivity index (χ2n) is 14.4. The van der Waals surface area contributed by atoms with Gasteiger partial charge >= 0.3 is 17.9 Å². The molecule has 0 spiro atoms. The standard InChI is InChI=1S/C45H59NO9/c1-6-17-33(8-3)44(51)53-29-35-28-46-31(5)43(39(35)30-54-45(52)34(9-4)18-7-2)55-42(50)22-16-11-10-15-21-37-38(41(49)27-40(37)48)26-25-36(47)24-23-32-19-13-12-14-20-32/h1-2,10,12-15,19-20,28,33-34,36-38,40-41,47-49H,8-9,11,16-18,21-27,29-30H2,3-5H3/b15-10-/t33?,34?,36?,37-,38-,40+,41-/m1/s1. The van der Waals surface area contributed by atoms with Gasteiger partial charge in [-0.05, 0) is 88.5 Å². The van der Waals surface area contributed by atoms with Crippen LogP contribution in [0.5, 0.6) is 5.75 Å². The molecule has 1 fully saturated rings. The van der Waals surface area contributed by atoms with Gasteiger partial charge in [0.25, 0.3) is 0 Å². The molecule has 3 N–H and O–H groups in total. The molecule has 0 amide bonds. The van der Waals surface area contributed by atoms with Crippen LogP contribution in [-0.2, 0) is 43.5 Å². The minimum absolute atomic E-state index is 0.0980. The molecule has 3 rings (SSSR count). The highest BCUT2D eigenvalue weighted by molar-refractivity contribution is 5.75. The van der Waals surface area contributed by atoms with Crippen molar-refractivity contribution in [1.29, 1.82) is 0 Å². The number of esters is 3. The van der Waals surface area contributed by atoms with E-state index in [0.29, 0.717) is 74.6 Å². The summed E-state index contributed by atoms with van der Waals surface area (Å²) in [4.78, 5) is 43.0. The number of ether oxygens (including phenoxy) is 3. The lowest BCUT2D eigenvalue weighted by Crippen LogP contribution is -2.23. The van der Waals surface area contributed by atoms with Gasteiger partial charge in [0.05, 0.1) is 35.8 Å². The summed E-state index contributed by atoms with van der Waals surface area (Å²) in [5.41, 5.74) is 2.38. The van der Waals surface area contributed by atoms with Gasteiger partial charge in [-0.2, -0.15) is 0 Å². The van der Waals surface area contributed by atoms with Crippen molar-refractivity contribution in [2.45, 2.75) is 136 Å². The Hall–Kier alpha value is -4.48. The summed E-state index contributed by atoms with van der Waals surface area (Å²) < 4.78 is 17.0. The van der Waals surface area contributed by atoms with Crippen molar-refractivity contribution < 1.29 is 43.9 Å². The molecule has 10 heteroatoms. The quantitative estimate of drug-likeness (QED) is 0.0482. The molecular weight excluding hydrogens is 698 g/mol. The number of rotatable bonds is 23. The second-order valence-corrected chi connectivity index (χ2v) is 14.4. The van der Waals surface area contributed by atoms with E-state index in [1.807, 2.05) is 56.3 Å². The monoisotopic (exact) mass is 757 g/mol. The van der Waals surface area contributed by atoms with Crippen LogP contribution in [0.25, 0.3) is 0 Å². The zero-order valence-corrected chi connectivity index (χ0v) is 32.7. The molecule has 3 unspecified atom stereocenters. The lowest BCUT2D eigenvalue weighted by Gasteiger charge is -2.23. The summed E-state index contributed by atoms with van der Waals surface area (Å²) in [6, 6.07) is 10.0. The Morgan fingerprint density at radius 2 is 1.56 bits per heavy atom. The number of aliphatic hydroxyl groups is 3. The van der Waals surface area contributed by atoms with Crippen molar-refractivity contribution in [2.75, 3.05) is 0 Å². The molecule has 298 valence electrons. The van der Waals surface area contributed by atoms with Crippen molar-refractivity contribution in [3.05, 3.63) is 71.1 Å². The van der Waals surface area contributed by atoms with E-state index < -0.39 is 48.1 Å². The predicted octanol–water partition coefficient (Wildman–Crippen LogP) is 6.73. The molecule has 7 atom stereocenters. The van der Waals surface area contributed by atoms with E-state index in [2.05, 4.69) is 16.8 Å². The number of carbonyl (C=O) groups excluding carboxylic acids is 3. The SMILES string of the molecule is C#CCC(CC)C(=O)OCc1cnc(C)c(OC(=O)CCC/C=C\C[C@@H]2[C@@H](CCC(O)CCc3ccccc3)[C@H](O)C[C@@H]2O)c1COC(=O)C(CC)CC#C. The van der Waals surface area contributed by atoms with Crippen molar-refractivity contribution >= 4 is 17.9 Å². The highest BCUT2D eigenvalue weighted by Crippen LogP contribution is 2.38. The number of pyridine rings is 1. The zero-order valence-electron chi connectivity index (χ0n) is 32.7. The first kappa shape index (κ1) is 44.9. The number of allylic oxidation sites excluding steroid dienone is 2. The predicted molar refractivity (Wildman–Crippen MR) is 210 cm³/mol. The Bertz CT molecular complexity index is 1630. The minimum atomic E-state index is -0.619. The molecule has 1 aliphatic carbocycles. The molecule has 0 aliphatic heterocycles. The highest BCUT2D eigenvalue weighted by atomic mass is 16.6. The van der Waals surface area contributed by atoms with E-state index in [0.717, 1.165) is 6.42 Å². The first-order valence-electron chi connectivity index (χ1n) is 19.6. The molecule has 1 aromatic carbocycles. The van der Waals surface area contributed by atoms with E-state index in [1.165, 1.54) is 11.8 Å². The van der Waals surface area contributed by atoms with Crippen LogP contribution in [0.4, 0.5) is 0 Å². The van der Waals surface area contributed by atoms with Gasteiger partial charge in [0.15, 0.2) is 5.75 Å². The number of hydrogen-bond donors (Lipinski definition) is 3. The first-order valence-corrected chi connectivity index (χ1v) is 19.6. The Labute approximate surface area is 327 Å². The van der Waals surface area contributed by atoms with Crippen molar-refractivity contribution in [2.24, 2.45) is 23.7 Å². The van der Waals surface area contributed by atoms with Crippen LogP contribution in [0.1, 0.15) is 113 Å². The molecule has 0 bridgehead atoms. The van der Waals surface area contributed by atoms with E-state index in [1.54, 1.807) is 6.92 Å². The summed E-state index contributed by atoms with van der Waals surface area (Å²) in [6.45, 7) is 4.94. The fourth-order valence-electron chi connectivity index (χ4n) is 7.01. The third-order valence-corrected chi connectivity index (χ3v) is 10.5. The summed E-state index contributed by atoms with van der Waals surface area (Å²) in [5, 5.41) is 32.0. The third kappa shape index (κ3) is 14.6. The average molecular weight is 758 g/mol. The average Bonchev–Trinajstić information content (AvgIpc) is 3.45. The molecule has 1 saturated carbocycles. The number of terminal acetylenes is 2. The maximum absolute atomic E-state index is 13.1. The van der Waals surface area contributed by atoms with Crippen LogP contribution in [0.3, 0.4) is 0 Å². The van der Waals surface area contributed by atoms with Gasteiger partial charge in [0.1, 0.15) is 13.2 Å². The summed E-state index contributed by atoms with van der Waals surface area (Å²) >= 11 is 0. The topological polar surface area (TPSA) is 152 Å². The van der Waals surface area contributed by atoms with Gasteiger partial charge < -0.3 is 29.5 Å². The molecule has 1 heterocycles. The molecule has 1 aromatic heterocycles. The van der Waals surface area contributed by atoms with Crippen LogP contribution in [0, 0.1) is 55.3 Å². The summed E-state index contributed by atoms with van der Waals surface area (Å²) in [6.07, 6.45) is 20.8. The molecule has 10 nitrogen and oxygen atoms in total. The van der Waals surface area contributed by atoms with Gasteiger partial charge in [-0.15, -0.1) is 24.7 Å². The number of aryl methyl sites for hydroxylation is 2. The van der Waals surface area contributed by atoms with Crippen LogP contribution < -0.4 is 4.74 Å². The fraction of sp³-hybridized carbons (Fsp3) is 0.556. The lowest BCUT2D eigenvalue weighted by molar-refractivity contribution is -0.151. The van der Waals surface area contributed by atoms with Gasteiger partial charge in [0.2, 0.25) is 0 Å². The fourth-order valence-corrected chi connectivity index (χ4v) is 7.01. The maximum Gasteiger partial charge on any atom is 0.311 e. The molecular formula is C45H59NO9. The van der Waals surface area contributed by atoms with Gasteiger partial charge in [-0.25, -0.2) is 0 Å². The Morgan fingerprint density at radius 1 is 0.927 bits per heavy atom. The normalized spacial score (nSPS) is 19.6. The van der Waals surface area contributed by atoms with E-state index in [-0.39, 0.29) is 50.1 Å². The number of carbonyl (C=O) groups is 3. The molecule has 0 saturated heterocycles. The summed E-state index contributed by atoms with van der Waals surface area (Å²) in [7, 11) is 0. The molecule has 55 heavy (non-hydrogen) atoms. The largest absolute Gasteiger partial charge is 0.460 e. The first-order chi connectivity index (χ1) is 26.5. The van der Waals surface area contributed by atoms with Gasteiger partial charge in [-0.3, -0.25) is 19.4 Å². The van der Waals surface area contributed by atoms with Gasteiger partial charge in [0, 0.05) is 36.6 Å². The Morgan fingerprint density at radius 3 is 2.20 bits per heavy atom.